The highest BCUT2D eigenvalue weighted by Crippen LogP contribution is 2.44. The lowest BCUT2D eigenvalue weighted by molar-refractivity contribution is 0.126. The maximum absolute atomic E-state index is 15.3. The van der Waals surface area contributed by atoms with Gasteiger partial charge in [0.25, 0.3) is 0 Å². The molecule has 3 aliphatic rings. The zero-order valence-electron chi connectivity index (χ0n) is 22.2. The molecule has 1 aromatic rings. The minimum atomic E-state index is -0.584. The van der Waals surface area contributed by atoms with Crippen LogP contribution in [0.1, 0.15) is 133 Å². The summed E-state index contributed by atoms with van der Waals surface area (Å²) in [5.74, 6) is 3.53. The Morgan fingerprint density at radius 2 is 1.54 bits per heavy atom. The van der Waals surface area contributed by atoms with Crippen LogP contribution in [-0.4, -0.2) is 17.4 Å². The van der Waals surface area contributed by atoms with Crippen LogP contribution in [0.25, 0.3) is 0 Å². The van der Waals surface area contributed by atoms with E-state index >= 15 is 4.39 Å². The molecule has 35 heavy (non-hydrogen) atoms. The van der Waals surface area contributed by atoms with Crippen LogP contribution in [0.4, 0.5) is 4.39 Å². The number of aliphatic hydroxyl groups excluding tert-OH is 1. The summed E-state index contributed by atoms with van der Waals surface area (Å²) in [6, 6.07) is 6.72. The van der Waals surface area contributed by atoms with Gasteiger partial charge in [-0.25, -0.2) is 4.39 Å². The van der Waals surface area contributed by atoms with Gasteiger partial charge in [-0.1, -0.05) is 51.3 Å². The molecular weight excluding hydrogens is 433 g/mol. The quantitative estimate of drug-likeness (QED) is 0.198. The number of aliphatic hydroxyl groups is 1. The van der Waals surface area contributed by atoms with Gasteiger partial charge in [-0.15, -0.1) is 0 Å². The predicted octanol–water partition coefficient (Wildman–Crippen LogP) is 8.61. The van der Waals surface area contributed by atoms with Crippen molar-refractivity contribution in [3.05, 3.63) is 47.8 Å². The van der Waals surface area contributed by atoms with E-state index in [1.807, 2.05) is 6.07 Å². The Balaban J connectivity index is 1.22. The summed E-state index contributed by atoms with van der Waals surface area (Å²) in [6.45, 7) is 5.94. The molecule has 4 rings (SSSR count). The van der Waals surface area contributed by atoms with Crippen molar-refractivity contribution in [3.8, 4) is 0 Å². The van der Waals surface area contributed by atoms with E-state index in [1.165, 1.54) is 82.6 Å². The summed E-state index contributed by atoms with van der Waals surface area (Å²) in [5.41, 5.74) is 2.23. The molecule has 0 heterocycles. The zero-order valence-corrected chi connectivity index (χ0v) is 22.2. The maximum atomic E-state index is 15.3. The molecule has 2 N–H and O–H groups in total. The van der Waals surface area contributed by atoms with E-state index in [2.05, 4.69) is 31.0 Å². The van der Waals surface area contributed by atoms with Gasteiger partial charge >= 0.3 is 0 Å². The van der Waals surface area contributed by atoms with E-state index in [9.17, 15) is 5.11 Å². The summed E-state index contributed by atoms with van der Waals surface area (Å²) in [4.78, 5) is 0. The number of halogens is 1. The van der Waals surface area contributed by atoms with Gasteiger partial charge in [0.05, 0.1) is 0 Å². The number of nitrogens with one attached hydrogen (secondary N) is 1. The van der Waals surface area contributed by atoms with Crippen molar-refractivity contribution >= 4 is 0 Å². The first-order chi connectivity index (χ1) is 17.1. The van der Waals surface area contributed by atoms with Crippen molar-refractivity contribution in [1.82, 2.24) is 5.32 Å². The second kappa shape index (κ2) is 13.4. The van der Waals surface area contributed by atoms with Crippen LogP contribution in [0.3, 0.4) is 0 Å². The monoisotopic (exact) mass is 483 g/mol. The SMILES string of the molecule is C=CC(O)NC1CCC(C2CCC(c3ccc(C4CCC(CCCCC)CC4)cc3F)CC2)CC1. The first kappa shape index (κ1) is 26.9. The fraction of sp³-hybridized carbons (Fsp3) is 0.750. The molecule has 1 aromatic carbocycles. The molecule has 3 saturated carbocycles. The van der Waals surface area contributed by atoms with Gasteiger partial charge in [0.1, 0.15) is 12.0 Å². The van der Waals surface area contributed by atoms with E-state index in [0.29, 0.717) is 17.9 Å². The molecule has 1 atom stereocenters. The lowest BCUT2D eigenvalue weighted by Crippen LogP contribution is -2.40. The minimum Gasteiger partial charge on any atom is -0.375 e. The normalized spacial score (nSPS) is 32.8. The van der Waals surface area contributed by atoms with Crippen molar-refractivity contribution in [1.29, 1.82) is 0 Å². The molecule has 196 valence electrons. The van der Waals surface area contributed by atoms with Crippen LogP contribution in [-0.2, 0) is 0 Å². The molecule has 0 saturated heterocycles. The first-order valence-electron chi connectivity index (χ1n) is 14.9. The molecule has 3 fully saturated rings. The fourth-order valence-electron chi connectivity index (χ4n) is 7.56. The summed E-state index contributed by atoms with van der Waals surface area (Å²) < 4.78 is 15.3. The van der Waals surface area contributed by atoms with Crippen molar-refractivity contribution in [2.75, 3.05) is 0 Å². The summed E-state index contributed by atoms with van der Waals surface area (Å²) >= 11 is 0. The lowest BCUT2D eigenvalue weighted by atomic mass is 9.69. The molecule has 3 aliphatic carbocycles. The Labute approximate surface area is 214 Å². The highest BCUT2D eigenvalue weighted by atomic mass is 19.1. The van der Waals surface area contributed by atoms with E-state index in [4.69, 9.17) is 0 Å². The van der Waals surface area contributed by atoms with Crippen LogP contribution < -0.4 is 5.32 Å². The Morgan fingerprint density at radius 3 is 2.14 bits per heavy atom. The highest BCUT2D eigenvalue weighted by Gasteiger charge is 2.32. The molecule has 0 bridgehead atoms. The van der Waals surface area contributed by atoms with E-state index < -0.39 is 6.23 Å². The molecule has 0 radical (unpaired) electrons. The predicted molar refractivity (Wildman–Crippen MR) is 145 cm³/mol. The Kier molecular flexibility index (Phi) is 10.3. The third kappa shape index (κ3) is 7.41. The smallest absolute Gasteiger partial charge is 0.126 e. The van der Waals surface area contributed by atoms with Crippen LogP contribution in [0.2, 0.25) is 0 Å². The van der Waals surface area contributed by atoms with Crippen molar-refractivity contribution in [2.45, 2.75) is 134 Å². The van der Waals surface area contributed by atoms with Gasteiger partial charge in [0.2, 0.25) is 0 Å². The van der Waals surface area contributed by atoms with Crippen LogP contribution in [0, 0.1) is 23.6 Å². The molecule has 0 aliphatic heterocycles. The average molecular weight is 484 g/mol. The van der Waals surface area contributed by atoms with Crippen LogP contribution >= 0.6 is 0 Å². The topological polar surface area (TPSA) is 32.3 Å². The number of rotatable bonds is 10. The van der Waals surface area contributed by atoms with E-state index in [1.54, 1.807) is 6.08 Å². The second-order valence-corrected chi connectivity index (χ2v) is 12.1. The second-order valence-electron chi connectivity index (χ2n) is 12.1. The highest BCUT2D eigenvalue weighted by molar-refractivity contribution is 5.30. The van der Waals surface area contributed by atoms with Crippen LogP contribution in [0.15, 0.2) is 30.9 Å². The fourth-order valence-corrected chi connectivity index (χ4v) is 7.56. The minimum absolute atomic E-state index is 0.0587. The number of hydrogen-bond acceptors (Lipinski definition) is 2. The average Bonchev–Trinajstić information content (AvgIpc) is 2.90. The first-order valence-corrected chi connectivity index (χ1v) is 14.9. The van der Waals surface area contributed by atoms with Gasteiger partial charge in [0.15, 0.2) is 0 Å². The van der Waals surface area contributed by atoms with Crippen molar-refractivity contribution in [2.24, 2.45) is 17.8 Å². The van der Waals surface area contributed by atoms with Gasteiger partial charge in [0, 0.05) is 6.04 Å². The van der Waals surface area contributed by atoms with Crippen molar-refractivity contribution in [3.63, 3.8) is 0 Å². The molecule has 3 heteroatoms. The largest absolute Gasteiger partial charge is 0.375 e. The number of benzene rings is 1. The molecule has 0 amide bonds. The van der Waals surface area contributed by atoms with Crippen molar-refractivity contribution < 1.29 is 9.50 Å². The Bertz CT molecular complexity index is 770. The standard InChI is InChI=1S/C32H50FNO/c1-3-5-6-7-23-8-10-26(11-9-23)28-18-21-30(31(33)22-28)27-14-12-24(13-15-27)25-16-19-29(20-17-25)34-32(35)4-2/h4,18,21-27,29,32,34-35H,2-3,5-17,19-20H2,1H3. The third-order valence-corrected chi connectivity index (χ3v) is 9.84. The van der Waals surface area contributed by atoms with E-state index in [-0.39, 0.29) is 5.82 Å². The Morgan fingerprint density at radius 1 is 0.914 bits per heavy atom. The molecule has 0 aromatic heterocycles. The summed E-state index contributed by atoms with van der Waals surface area (Å²) in [7, 11) is 0. The summed E-state index contributed by atoms with van der Waals surface area (Å²) in [6.07, 6.45) is 21.1. The molecule has 2 nitrogen and oxygen atoms in total. The number of unbranched alkanes of at least 4 members (excludes halogenated alkanes) is 2. The molecule has 0 spiro atoms. The molecular formula is C32H50FNO. The van der Waals surface area contributed by atoms with Gasteiger partial charge in [-0.05, 0) is 130 Å². The van der Waals surface area contributed by atoms with Gasteiger partial charge in [-0.2, -0.15) is 0 Å². The zero-order chi connectivity index (χ0) is 24.6. The lowest BCUT2D eigenvalue weighted by Gasteiger charge is -2.38. The maximum Gasteiger partial charge on any atom is 0.126 e. The summed E-state index contributed by atoms with van der Waals surface area (Å²) in [5, 5.41) is 13.0. The van der Waals surface area contributed by atoms with Gasteiger partial charge in [-0.3, -0.25) is 5.32 Å². The van der Waals surface area contributed by atoms with Gasteiger partial charge < -0.3 is 5.11 Å². The van der Waals surface area contributed by atoms with Crippen LogP contribution in [0.5, 0.6) is 0 Å². The number of hydrogen-bond donors (Lipinski definition) is 2. The third-order valence-electron chi connectivity index (χ3n) is 9.84. The Hall–Kier alpha value is -1.19. The molecule has 1 unspecified atom stereocenters. The van der Waals surface area contributed by atoms with E-state index in [0.717, 1.165) is 49.0 Å².